The molecule has 0 amide bonds. The Morgan fingerprint density at radius 1 is 0.440 bits per heavy atom. The number of rotatable bonds is 39. The maximum Gasteiger partial charge on any atom is 0.306 e. The second-order valence-corrected chi connectivity index (χ2v) is 14.5. The van der Waals surface area contributed by atoms with E-state index in [0.29, 0.717) is 6.42 Å². The van der Waals surface area contributed by atoms with Crippen LogP contribution in [0.1, 0.15) is 226 Å². The van der Waals surface area contributed by atoms with Crippen molar-refractivity contribution in [3.63, 3.8) is 0 Å². The highest BCUT2D eigenvalue weighted by atomic mass is 16.5. The fourth-order valence-electron chi connectivity index (χ4n) is 6.31. The van der Waals surface area contributed by atoms with Crippen molar-refractivity contribution >= 4 is 11.9 Å². The first-order chi connectivity index (χ1) is 24.6. The molecule has 1 unspecified atom stereocenters. The summed E-state index contributed by atoms with van der Waals surface area (Å²) in [7, 11) is 0. The van der Waals surface area contributed by atoms with Crippen LogP contribution in [0.4, 0.5) is 0 Å². The van der Waals surface area contributed by atoms with Crippen LogP contribution in [-0.4, -0.2) is 23.1 Å². The van der Waals surface area contributed by atoms with Gasteiger partial charge in [0.05, 0.1) is 0 Å². The van der Waals surface area contributed by atoms with E-state index in [9.17, 15) is 9.59 Å². The van der Waals surface area contributed by atoms with E-state index in [1.165, 1.54) is 109 Å². The van der Waals surface area contributed by atoms with Crippen LogP contribution in [0.3, 0.4) is 0 Å². The van der Waals surface area contributed by atoms with Gasteiger partial charge in [0.1, 0.15) is 6.10 Å². The number of carbonyl (C=O) groups excluding carboxylic acids is 1. The molecule has 0 spiro atoms. The van der Waals surface area contributed by atoms with Gasteiger partial charge < -0.3 is 9.84 Å². The summed E-state index contributed by atoms with van der Waals surface area (Å²) in [5.74, 6) is -0.730. The molecule has 4 heteroatoms. The minimum atomic E-state index is -0.706. The molecule has 290 valence electrons. The van der Waals surface area contributed by atoms with Crippen molar-refractivity contribution in [3.8, 4) is 0 Å². The molecule has 0 aliphatic carbocycles. The number of aliphatic carboxylic acids is 1. The molecule has 0 aliphatic heterocycles. The van der Waals surface area contributed by atoms with Gasteiger partial charge in [0.2, 0.25) is 0 Å². The highest BCUT2D eigenvalue weighted by molar-refractivity contribution is 5.69. The van der Waals surface area contributed by atoms with Gasteiger partial charge in [-0.1, -0.05) is 165 Å². The maximum atomic E-state index is 12.7. The molecule has 0 saturated heterocycles. The third kappa shape index (κ3) is 40.3. The smallest absolute Gasteiger partial charge is 0.306 e. The van der Waals surface area contributed by atoms with Crippen LogP contribution in [0.15, 0.2) is 48.6 Å². The lowest BCUT2D eigenvalue weighted by Gasteiger charge is -2.18. The summed E-state index contributed by atoms with van der Waals surface area (Å²) in [5.41, 5.74) is 0. The lowest BCUT2D eigenvalue weighted by atomic mass is 10.0. The summed E-state index contributed by atoms with van der Waals surface area (Å²) in [6, 6.07) is 0. The molecule has 0 fully saturated rings. The molecule has 0 heterocycles. The van der Waals surface area contributed by atoms with Gasteiger partial charge in [-0.3, -0.25) is 9.59 Å². The third-order valence-corrected chi connectivity index (χ3v) is 9.52. The average molecular weight is 699 g/mol. The number of carboxylic acids is 1. The standard InChI is InChI=1S/C46H82O4/c1-3-5-7-9-11-13-15-17-18-19-20-21-22-24-26-28-30-35-39-43-46(49)50-44(41-37-33-31-34-38-42-45(47)48)40-36-32-29-27-25-23-16-14-12-10-8-6-4-2/h11,13,17-18,20-21,27,29,44H,3-10,12,14-16,19,22-26,28,30-43H2,1-2H3,(H,47,48)/b13-11-,18-17-,21-20-,29-27-. The van der Waals surface area contributed by atoms with Crippen LogP contribution in [0.2, 0.25) is 0 Å². The lowest BCUT2D eigenvalue weighted by Crippen LogP contribution is -2.18. The Hall–Kier alpha value is -2.10. The second kappa shape index (κ2) is 41.3. The summed E-state index contributed by atoms with van der Waals surface area (Å²) in [6.45, 7) is 4.52. The molecule has 1 atom stereocenters. The summed E-state index contributed by atoms with van der Waals surface area (Å²) in [5, 5.41) is 8.83. The van der Waals surface area contributed by atoms with Crippen molar-refractivity contribution in [2.75, 3.05) is 0 Å². The van der Waals surface area contributed by atoms with E-state index in [4.69, 9.17) is 9.84 Å². The SMILES string of the molecule is CCCCC/C=C\C/C=C\C/C=C\CCCCCCCCC(=O)OC(CCC/C=C\CCCCCCCCCC)CCCCCCCC(=O)O. The van der Waals surface area contributed by atoms with Gasteiger partial charge in [-0.05, 0) is 96.3 Å². The molecular formula is C46H82O4. The molecule has 0 rings (SSSR count). The van der Waals surface area contributed by atoms with Crippen molar-refractivity contribution < 1.29 is 19.4 Å². The Labute approximate surface area is 311 Å². The minimum Gasteiger partial charge on any atom is -0.481 e. The quantitative estimate of drug-likeness (QED) is 0.0394. The lowest BCUT2D eigenvalue weighted by molar-refractivity contribution is -0.150. The Balaban J connectivity index is 4.07. The van der Waals surface area contributed by atoms with Crippen LogP contribution in [0, 0.1) is 0 Å². The second-order valence-electron chi connectivity index (χ2n) is 14.5. The first kappa shape index (κ1) is 47.9. The predicted octanol–water partition coefficient (Wildman–Crippen LogP) is 15.1. The van der Waals surface area contributed by atoms with Crippen molar-refractivity contribution in [1.82, 2.24) is 0 Å². The molecule has 0 aromatic rings. The molecule has 4 nitrogen and oxygen atoms in total. The van der Waals surface area contributed by atoms with Crippen LogP contribution in [0.25, 0.3) is 0 Å². The summed E-state index contributed by atoms with van der Waals surface area (Å²) >= 11 is 0. The van der Waals surface area contributed by atoms with Crippen molar-refractivity contribution in [1.29, 1.82) is 0 Å². The molecule has 0 bridgehead atoms. The Kier molecular flexibility index (Phi) is 39.6. The summed E-state index contributed by atoms with van der Waals surface area (Å²) < 4.78 is 6.00. The van der Waals surface area contributed by atoms with Crippen LogP contribution in [-0.2, 0) is 14.3 Å². The Morgan fingerprint density at radius 3 is 1.34 bits per heavy atom. The van der Waals surface area contributed by atoms with Gasteiger partial charge in [-0.15, -0.1) is 0 Å². The van der Waals surface area contributed by atoms with E-state index in [1.807, 2.05) is 0 Å². The van der Waals surface area contributed by atoms with E-state index in [1.54, 1.807) is 0 Å². The van der Waals surface area contributed by atoms with Gasteiger partial charge in [-0.2, -0.15) is 0 Å². The first-order valence-corrected chi connectivity index (χ1v) is 21.6. The fraction of sp³-hybridized carbons (Fsp3) is 0.783. The van der Waals surface area contributed by atoms with Crippen molar-refractivity contribution in [3.05, 3.63) is 48.6 Å². The van der Waals surface area contributed by atoms with E-state index >= 15 is 0 Å². The van der Waals surface area contributed by atoms with Gasteiger partial charge in [0.15, 0.2) is 0 Å². The number of carboxylic acid groups (broad SMARTS) is 1. The highest BCUT2D eigenvalue weighted by Gasteiger charge is 2.14. The monoisotopic (exact) mass is 699 g/mol. The molecule has 0 radical (unpaired) electrons. The van der Waals surface area contributed by atoms with Crippen molar-refractivity contribution in [2.24, 2.45) is 0 Å². The third-order valence-electron chi connectivity index (χ3n) is 9.52. The average Bonchev–Trinajstić information content (AvgIpc) is 3.10. The molecule has 0 saturated carbocycles. The highest BCUT2D eigenvalue weighted by Crippen LogP contribution is 2.18. The van der Waals surface area contributed by atoms with Crippen molar-refractivity contribution in [2.45, 2.75) is 232 Å². The summed E-state index contributed by atoms with van der Waals surface area (Å²) in [4.78, 5) is 23.4. The minimum absolute atomic E-state index is 0.0170. The maximum absolute atomic E-state index is 12.7. The van der Waals surface area contributed by atoms with E-state index in [0.717, 1.165) is 89.9 Å². The van der Waals surface area contributed by atoms with Gasteiger partial charge in [0.25, 0.3) is 0 Å². The number of carbonyl (C=O) groups is 2. The zero-order valence-electron chi connectivity index (χ0n) is 33.2. The number of unbranched alkanes of at least 4 members (excludes halogenated alkanes) is 22. The summed E-state index contributed by atoms with van der Waals surface area (Å²) in [6.07, 6.45) is 55.6. The first-order valence-electron chi connectivity index (χ1n) is 21.6. The normalized spacial score (nSPS) is 12.7. The Morgan fingerprint density at radius 2 is 0.800 bits per heavy atom. The predicted molar refractivity (Wildman–Crippen MR) is 218 cm³/mol. The zero-order valence-corrected chi connectivity index (χ0v) is 33.2. The number of hydrogen-bond acceptors (Lipinski definition) is 3. The topological polar surface area (TPSA) is 63.6 Å². The fourth-order valence-corrected chi connectivity index (χ4v) is 6.31. The molecule has 0 aliphatic rings. The van der Waals surface area contributed by atoms with E-state index in [-0.39, 0.29) is 18.5 Å². The Bertz CT molecular complexity index is 839. The van der Waals surface area contributed by atoms with E-state index < -0.39 is 5.97 Å². The molecule has 1 N–H and O–H groups in total. The molecule has 0 aromatic carbocycles. The zero-order chi connectivity index (χ0) is 36.4. The molecular weight excluding hydrogens is 617 g/mol. The molecule has 50 heavy (non-hydrogen) atoms. The largest absolute Gasteiger partial charge is 0.481 e. The van der Waals surface area contributed by atoms with E-state index in [2.05, 4.69) is 62.5 Å². The van der Waals surface area contributed by atoms with Gasteiger partial charge >= 0.3 is 11.9 Å². The van der Waals surface area contributed by atoms with Crippen LogP contribution >= 0.6 is 0 Å². The van der Waals surface area contributed by atoms with Gasteiger partial charge in [-0.25, -0.2) is 0 Å². The number of ether oxygens (including phenoxy) is 1. The van der Waals surface area contributed by atoms with Crippen LogP contribution in [0.5, 0.6) is 0 Å². The molecule has 0 aromatic heterocycles. The van der Waals surface area contributed by atoms with Crippen LogP contribution < -0.4 is 0 Å². The number of esters is 1. The number of allylic oxidation sites excluding steroid dienone is 8. The number of hydrogen-bond donors (Lipinski definition) is 1. The van der Waals surface area contributed by atoms with Gasteiger partial charge in [0, 0.05) is 12.8 Å².